The van der Waals surface area contributed by atoms with Crippen molar-refractivity contribution in [2.75, 3.05) is 26.4 Å². The second kappa shape index (κ2) is 6.76. The summed E-state index contributed by atoms with van der Waals surface area (Å²) in [6, 6.07) is 3.04. The minimum atomic E-state index is -0.904. The highest BCUT2D eigenvalue weighted by Gasteiger charge is 2.15. The predicted octanol–water partition coefficient (Wildman–Crippen LogP) is 2.68. The van der Waals surface area contributed by atoms with Crippen molar-refractivity contribution in [1.82, 2.24) is 14.5 Å². The van der Waals surface area contributed by atoms with Crippen molar-refractivity contribution in [2.24, 2.45) is 0 Å². The summed E-state index contributed by atoms with van der Waals surface area (Å²) in [6.07, 6.45) is 0. The molecule has 0 saturated heterocycles. The van der Waals surface area contributed by atoms with E-state index in [1.165, 1.54) is 6.07 Å². The van der Waals surface area contributed by atoms with Gasteiger partial charge in [-0.05, 0) is 36.1 Å². The highest BCUT2D eigenvalue weighted by Crippen LogP contribution is 2.28. The summed E-state index contributed by atoms with van der Waals surface area (Å²) in [7, 11) is 3.91. The quantitative estimate of drug-likeness (QED) is 0.786. The van der Waals surface area contributed by atoms with E-state index in [0.29, 0.717) is 21.7 Å². The minimum Gasteiger partial charge on any atom is -0.481 e. The Morgan fingerprint density at radius 2 is 2.24 bits per heavy atom. The van der Waals surface area contributed by atoms with Gasteiger partial charge in [0.15, 0.2) is 5.16 Å². The topological polar surface area (TPSA) is 58.4 Å². The lowest BCUT2D eigenvalue weighted by atomic mass is 10.3. The van der Waals surface area contributed by atoms with Gasteiger partial charge in [-0.2, -0.15) is 0 Å². The summed E-state index contributed by atoms with van der Waals surface area (Å²) in [4.78, 5) is 17.1. The average Bonchev–Trinajstić information content (AvgIpc) is 2.71. The number of aliphatic carboxylic acids is 1. The SMILES string of the molecule is CN(C)CCn1c(SCC(=O)O)nc2cc(F)c(Br)cc21. The van der Waals surface area contributed by atoms with Gasteiger partial charge in [-0.25, -0.2) is 9.37 Å². The molecule has 5 nitrogen and oxygen atoms in total. The van der Waals surface area contributed by atoms with Crippen molar-refractivity contribution >= 4 is 44.7 Å². The van der Waals surface area contributed by atoms with Crippen LogP contribution in [0.4, 0.5) is 4.39 Å². The number of hydrogen-bond acceptors (Lipinski definition) is 4. The molecule has 0 radical (unpaired) electrons. The Kier molecular flexibility index (Phi) is 5.23. The van der Waals surface area contributed by atoms with E-state index in [2.05, 4.69) is 20.9 Å². The zero-order valence-corrected chi connectivity index (χ0v) is 14.0. The third-order valence-corrected chi connectivity index (χ3v) is 4.42. The summed E-state index contributed by atoms with van der Waals surface area (Å²) in [6.45, 7) is 1.44. The van der Waals surface area contributed by atoms with Gasteiger partial charge >= 0.3 is 5.97 Å². The molecule has 0 aliphatic rings. The number of benzene rings is 1. The first-order valence-corrected chi connectivity index (χ1v) is 8.01. The first-order valence-electron chi connectivity index (χ1n) is 6.23. The molecule has 1 aromatic heterocycles. The Labute approximate surface area is 134 Å². The number of thioether (sulfide) groups is 1. The highest BCUT2D eigenvalue weighted by molar-refractivity contribution is 9.10. The maximum Gasteiger partial charge on any atom is 0.313 e. The number of halogens is 2. The largest absolute Gasteiger partial charge is 0.481 e. The van der Waals surface area contributed by atoms with E-state index in [1.54, 1.807) is 6.07 Å². The normalized spacial score (nSPS) is 11.5. The van der Waals surface area contributed by atoms with Gasteiger partial charge < -0.3 is 14.6 Å². The van der Waals surface area contributed by atoms with Gasteiger partial charge in [0.1, 0.15) is 5.82 Å². The Morgan fingerprint density at radius 3 is 2.86 bits per heavy atom. The number of rotatable bonds is 6. The highest BCUT2D eigenvalue weighted by atomic mass is 79.9. The van der Waals surface area contributed by atoms with E-state index < -0.39 is 5.97 Å². The van der Waals surface area contributed by atoms with Crippen LogP contribution in [-0.2, 0) is 11.3 Å². The number of imidazole rings is 1. The van der Waals surface area contributed by atoms with Gasteiger partial charge in [-0.1, -0.05) is 11.8 Å². The van der Waals surface area contributed by atoms with Crippen LogP contribution in [0.5, 0.6) is 0 Å². The third kappa shape index (κ3) is 3.96. The standard InChI is InChI=1S/C13H15BrFN3O2S/c1-17(2)3-4-18-11-5-8(14)9(15)6-10(11)16-13(18)21-7-12(19)20/h5-6H,3-4,7H2,1-2H3,(H,19,20). The molecule has 0 fully saturated rings. The smallest absolute Gasteiger partial charge is 0.313 e. The summed E-state index contributed by atoms with van der Waals surface area (Å²) in [5, 5.41) is 9.40. The van der Waals surface area contributed by atoms with E-state index in [9.17, 15) is 9.18 Å². The van der Waals surface area contributed by atoms with Gasteiger partial charge in [0, 0.05) is 19.2 Å². The molecule has 0 bridgehead atoms. The van der Waals surface area contributed by atoms with Crippen LogP contribution in [0.2, 0.25) is 0 Å². The zero-order chi connectivity index (χ0) is 15.6. The molecule has 8 heteroatoms. The van der Waals surface area contributed by atoms with Crippen molar-refractivity contribution in [3.8, 4) is 0 Å². The second-order valence-corrected chi connectivity index (χ2v) is 6.58. The number of likely N-dealkylation sites (N-methyl/N-ethyl adjacent to an activating group) is 1. The van der Waals surface area contributed by atoms with Crippen molar-refractivity contribution in [2.45, 2.75) is 11.7 Å². The van der Waals surface area contributed by atoms with Crippen molar-refractivity contribution < 1.29 is 14.3 Å². The number of aromatic nitrogens is 2. The van der Waals surface area contributed by atoms with E-state index in [4.69, 9.17) is 5.11 Å². The molecule has 21 heavy (non-hydrogen) atoms. The molecular formula is C13H15BrFN3O2S. The minimum absolute atomic E-state index is 0.0745. The predicted molar refractivity (Wildman–Crippen MR) is 84.3 cm³/mol. The Bertz CT molecular complexity index is 675. The van der Waals surface area contributed by atoms with Crippen LogP contribution in [0.15, 0.2) is 21.8 Å². The molecule has 0 unspecified atom stereocenters. The summed E-state index contributed by atoms with van der Waals surface area (Å²) >= 11 is 4.31. The van der Waals surface area contributed by atoms with Gasteiger partial charge in [-0.3, -0.25) is 4.79 Å². The van der Waals surface area contributed by atoms with Crippen LogP contribution >= 0.6 is 27.7 Å². The Hall–Kier alpha value is -1.12. The molecule has 114 valence electrons. The fourth-order valence-electron chi connectivity index (χ4n) is 1.85. The van der Waals surface area contributed by atoms with E-state index >= 15 is 0 Å². The summed E-state index contributed by atoms with van der Waals surface area (Å²) < 4.78 is 15.9. The molecule has 2 aromatic rings. The molecule has 0 aliphatic heterocycles. The lowest BCUT2D eigenvalue weighted by molar-refractivity contribution is -0.133. The first kappa shape index (κ1) is 16.3. The molecular weight excluding hydrogens is 361 g/mol. The van der Waals surface area contributed by atoms with Gasteiger partial charge in [0.25, 0.3) is 0 Å². The maximum atomic E-state index is 13.6. The monoisotopic (exact) mass is 375 g/mol. The third-order valence-electron chi connectivity index (χ3n) is 2.85. The van der Waals surface area contributed by atoms with E-state index in [1.807, 2.05) is 23.6 Å². The number of hydrogen-bond donors (Lipinski definition) is 1. The average molecular weight is 376 g/mol. The molecule has 0 spiro atoms. The summed E-state index contributed by atoms with van der Waals surface area (Å²) in [5.74, 6) is -1.36. The fraction of sp³-hybridized carbons (Fsp3) is 0.385. The van der Waals surface area contributed by atoms with Crippen LogP contribution in [0.1, 0.15) is 0 Å². The lowest BCUT2D eigenvalue weighted by Gasteiger charge is -2.13. The van der Waals surface area contributed by atoms with Gasteiger partial charge in [0.05, 0.1) is 21.3 Å². The molecule has 1 N–H and O–H groups in total. The Morgan fingerprint density at radius 1 is 1.52 bits per heavy atom. The number of carboxylic acid groups (broad SMARTS) is 1. The van der Waals surface area contributed by atoms with E-state index in [0.717, 1.165) is 23.8 Å². The summed E-state index contributed by atoms with van der Waals surface area (Å²) in [5.41, 5.74) is 1.32. The van der Waals surface area contributed by atoms with Crippen LogP contribution in [0.3, 0.4) is 0 Å². The maximum absolute atomic E-state index is 13.6. The number of carboxylic acids is 1. The van der Waals surface area contributed by atoms with Crippen molar-refractivity contribution in [3.05, 3.63) is 22.4 Å². The molecule has 0 aliphatic carbocycles. The number of carbonyl (C=O) groups is 1. The second-order valence-electron chi connectivity index (χ2n) is 4.79. The van der Waals surface area contributed by atoms with Crippen LogP contribution in [0, 0.1) is 5.82 Å². The molecule has 2 rings (SSSR count). The molecule has 1 aromatic carbocycles. The van der Waals surface area contributed by atoms with Gasteiger partial charge in [-0.15, -0.1) is 0 Å². The molecule has 1 heterocycles. The van der Waals surface area contributed by atoms with Crippen molar-refractivity contribution in [1.29, 1.82) is 0 Å². The van der Waals surface area contributed by atoms with Gasteiger partial charge in [0.2, 0.25) is 0 Å². The van der Waals surface area contributed by atoms with Crippen LogP contribution in [-0.4, -0.2) is 51.9 Å². The number of fused-ring (bicyclic) bond motifs is 1. The molecule has 0 amide bonds. The first-order chi connectivity index (χ1) is 9.88. The van der Waals surface area contributed by atoms with Crippen LogP contribution < -0.4 is 0 Å². The van der Waals surface area contributed by atoms with Crippen LogP contribution in [0.25, 0.3) is 11.0 Å². The Balaban J connectivity index is 2.43. The molecule has 0 saturated carbocycles. The lowest BCUT2D eigenvalue weighted by Crippen LogP contribution is -2.19. The fourth-order valence-corrected chi connectivity index (χ4v) is 2.94. The number of nitrogens with zero attached hydrogens (tertiary/aromatic N) is 3. The van der Waals surface area contributed by atoms with Crippen molar-refractivity contribution in [3.63, 3.8) is 0 Å². The zero-order valence-electron chi connectivity index (χ0n) is 11.6. The molecule has 0 atom stereocenters. The van der Waals surface area contributed by atoms with E-state index in [-0.39, 0.29) is 11.6 Å².